The number of fused-ring (bicyclic) bond motifs is 1. The van der Waals surface area contributed by atoms with E-state index < -0.39 is 107 Å². The number of carbonyl (C=O) groups excluding carboxylic acids is 4. The van der Waals surface area contributed by atoms with Gasteiger partial charge in [-0.25, -0.2) is 40.5 Å². The number of ether oxygens (including phenoxy) is 4. The molecule has 12 rings (SSSR count). The maximum atomic E-state index is 14.1. The summed E-state index contributed by atoms with van der Waals surface area (Å²) in [7, 11) is -12.5. The molecule has 5 aliphatic rings. The lowest BCUT2D eigenvalue weighted by Crippen LogP contribution is -2.49. The van der Waals surface area contributed by atoms with Gasteiger partial charge in [-0.15, -0.1) is 0 Å². The van der Waals surface area contributed by atoms with Crippen molar-refractivity contribution in [2.45, 2.75) is 114 Å². The lowest BCUT2D eigenvalue weighted by molar-refractivity contribution is -0.387. The molecular formula is C80H100ClF4N15O20S3. The highest BCUT2D eigenvalue weighted by molar-refractivity contribution is 7.92. The summed E-state index contributed by atoms with van der Waals surface area (Å²) in [5.41, 5.74) is 7.08. The number of rotatable bonds is 25. The number of H-pyrrole nitrogens is 1. The average Bonchev–Trinajstić information content (AvgIpc) is 1.09. The first-order valence-corrected chi connectivity index (χ1v) is 44.3. The van der Waals surface area contributed by atoms with E-state index in [0.29, 0.717) is 134 Å². The van der Waals surface area contributed by atoms with Crippen molar-refractivity contribution in [1.29, 1.82) is 0 Å². The zero-order valence-corrected chi connectivity index (χ0v) is 72.0. The Labute approximate surface area is 713 Å². The van der Waals surface area contributed by atoms with E-state index in [1.165, 1.54) is 42.6 Å². The van der Waals surface area contributed by atoms with Gasteiger partial charge in [-0.2, -0.15) is 17.6 Å². The fourth-order valence-electron chi connectivity index (χ4n) is 14.1. The Kier molecular flexibility index (Phi) is 32.4. The number of alkyl halides is 3. The maximum Gasteiger partial charge on any atom is 0.416 e. The quantitative estimate of drug-likeness (QED) is 0.0134. The second kappa shape index (κ2) is 41.4. The van der Waals surface area contributed by atoms with Gasteiger partial charge < -0.3 is 59.9 Å². The molecule has 7 aromatic rings. The van der Waals surface area contributed by atoms with E-state index in [1.807, 2.05) is 38.7 Å². The number of sulfone groups is 1. The topological polar surface area (TPSA) is 484 Å². The fourth-order valence-corrected chi connectivity index (χ4v) is 16.7. The number of nitrogens with one attached hydrogen (secondary N) is 3. The van der Waals surface area contributed by atoms with Crippen LogP contribution in [0, 0.1) is 59.3 Å². The molecule has 6 heterocycles. The summed E-state index contributed by atoms with van der Waals surface area (Å²) in [6.45, 7) is 23.6. The molecule has 0 unspecified atom stereocenters. The molecule has 4 aliphatic heterocycles. The first-order valence-electron chi connectivity index (χ1n) is 39.2. The van der Waals surface area contributed by atoms with E-state index in [9.17, 15) is 92.3 Å². The van der Waals surface area contributed by atoms with Gasteiger partial charge in [0.15, 0.2) is 15.6 Å². The summed E-state index contributed by atoms with van der Waals surface area (Å²) in [6.07, 6.45) is 0.333. The number of halogens is 5. The highest BCUT2D eigenvalue weighted by Crippen LogP contribution is 2.46. The largest absolute Gasteiger partial charge is 0.455 e. The number of nitrogens with zero attached hydrogens (tertiary/aromatic N) is 9. The Morgan fingerprint density at radius 2 is 1.15 bits per heavy atom. The highest BCUT2D eigenvalue weighted by atomic mass is 35.5. The molecule has 9 N–H and O–H groups in total. The minimum absolute atomic E-state index is 0.0213. The van der Waals surface area contributed by atoms with Crippen LogP contribution in [-0.2, 0) is 64.7 Å². The zero-order valence-electron chi connectivity index (χ0n) is 68.8. The van der Waals surface area contributed by atoms with E-state index in [1.54, 1.807) is 48.0 Å². The number of allylic oxidation sites excluding steroid dienone is 1. The number of amides is 3. The second-order valence-corrected chi connectivity index (χ2v) is 37.1. The van der Waals surface area contributed by atoms with Crippen molar-refractivity contribution in [2.24, 2.45) is 39.2 Å². The number of morpholine rings is 3. The number of carbonyl (C=O) groups is 4. The molecule has 43 heteroatoms. The number of benzene rings is 5. The first kappa shape index (κ1) is 96.4. The van der Waals surface area contributed by atoms with Gasteiger partial charge in [-0.3, -0.25) is 54.4 Å². The minimum atomic E-state index is -4.50. The van der Waals surface area contributed by atoms with Crippen molar-refractivity contribution in [3.8, 4) is 11.5 Å². The third-order valence-corrected chi connectivity index (χ3v) is 24.5. The Balaban J connectivity index is 0.000000259. The molecule has 3 atom stereocenters. The SMILES string of the molecule is CC(C)C(=O)N1CCO[C@@H](CN)C1.CC(C)C(=O)N1CCO[C@@H](CNc2ccc(S(=O)(=O)CC(=O)c3ccc(N4CCN(CC5=C(c6ccc(C(F)(F)F)cc6Cl)CC(C)(C)CC5)CC4)cc3Oc3cnc4[nH]ccc4c3)cc2[N+](=O)[O-])C1.CC(C)C(=O)N1CCO[C@@H](CNc2ccc(S(N)(=O)=O)cc2[N+](=O)[O-])C1.NS(=O)(=O)c1ccc(F)c([N+](=O)[O-])c1. The lowest BCUT2D eigenvalue weighted by Gasteiger charge is -2.39. The molecule has 35 nitrogen and oxygen atoms in total. The van der Waals surface area contributed by atoms with Gasteiger partial charge in [-0.1, -0.05) is 78.6 Å². The van der Waals surface area contributed by atoms with Gasteiger partial charge in [0.25, 0.3) is 11.4 Å². The first-order chi connectivity index (χ1) is 57.7. The Hall–Kier alpha value is -10.4. The number of pyridine rings is 1. The molecule has 0 spiro atoms. The minimum Gasteiger partial charge on any atom is -0.455 e. The smallest absolute Gasteiger partial charge is 0.416 e. The summed E-state index contributed by atoms with van der Waals surface area (Å²) in [5, 5.41) is 50.1. The third kappa shape index (κ3) is 26.3. The number of nitro benzene ring substituents is 3. The number of ketones is 1. The van der Waals surface area contributed by atoms with Gasteiger partial charge >= 0.3 is 11.9 Å². The summed E-state index contributed by atoms with van der Waals surface area (Å²) in [6, 6.07) is 21.0. The van der Waals surface area contributed by atoms with Crippen LogP contribution in [0.4, 0.5) is 51.7 Å². The molecule has 0 radical (unpaired) electrons. The fraction of sp³-hybridized carbons (Fsp3) is 0.463. The van der Waals surface area contributed by atoms with Crippen LogP contribution < -0.4 is 36.3 Å². The highest BCUT2D eigenvalue weighted by Gasteiger charge is 2.37. The van der Waals surface area contributed by atoms with Gasteiger partial charge in [0.2, 0.25) is 43.6 Å². The summed E-state index contributed by atoms with van der Waals surface area (Å²) >= 11 is 6.54. The van der Waals surface area contributed by atoms with Gasteiger partial charge in [-0.05, 0) is 109 Å². The van der Waals surface area contributed by atoms with E-state index in [2.05, 4.69) is 44.2 Å². The molecule has 5 aromatic carbocycles. The van der Waals surface area contributed by atoms with Crippen LogP contribution in [0.5, 0.6) is 11.5 Å². The Bertz CT molecular complexity index is 5450. The number of primary sulfonamides is 2. The van der Waals surface area contributed by atoms with E-state index in [4.69, 9.17) is 46.6 Å². The molecule has 0 saturated carbocycles. The van der Waals surface area contributed by atoms with Crippen molar-refractivity contribution in [1.82, 2.24) is 29.6 Å². The number of Topliss-reactive ketones (excluding diaryl/α,β-unsaturated/α-hetero) is 1. The van der Waals surface area contributed by atoms with Crippen LogP contribution in [0.15, 0.2) is 136 Å². The van der Waals surface area contributed by atoms with Crippen molar-refractivity contribution in [3.05, 3.63) is 179 Å². The van der Waals surface area contributed by atoms with Crippen LogP contribution in [0.3, 0.4) is 0 Å². The Morgan fingerprint density at radius 1 is 0.650 bits per heavy atom. The van der Waals surface area contributed by atoms with Crippen molar-refractivity contribution in [3.63, 3.8) is 0 Å². The van der Waals surface area contributed by atoms with Crippen LogP contribution >= 0.6 is 11.6 Å². The monoisotopic (exact) mass is 1800 g/mol. The number of aromatic amines is 1. The number of nitrogens with two attached hydrogens (primary N) is 3. The summed E-state index contributed by atoms with van der Waals surface area (Å²) in [5.74, 6) is -2.57. The molecule has 1 aliphatic carbocycles. The summed E-state index contributed by atoms with van der Waals surface area (Å²) in [4.78, 5) is 97.5. The molecule has 3 amide bonds. The molecule has 4 saturated heterocycles. The number of piperazine rings is 1. The number of nitro groups is 3. The van der Waals surface area contributed by atoms with Crippen molar-refractivity contribution in [2.75, 3.05) is 133 Å². The number of hydrogen-bond acceptors (Lipinski definition) is 26. The molecule has 0 bridgehead atoms. The number of sulfonamides is 2. The van der Waals surface area contributed by atoms with E-state index >= 15 is 0 Å². The van der Waals surface area contributed by atoms with E-state index in [-0.39, 0.29) is 98.8 Å². The van der Waals surface area contributed by atoms with Gasteiger partial charge in [0.1, 0.15) is 34.3 Å². The third-order valence-electron chi connectivity index (χ3n) is 20.7. The maximum absolute atomic E-state index is 14.1. The molecule has 2 aromatic heterocycles. The van der Waals surface area contributed by atoms with Gasteiger partial charge in [0.05, 0.1) is 84.9 Å². The molecular weight excluding hydrogens is 1700 g/mol. The predicted octanol–water partition coefficient (Wildman–Crippen LogP) is 10.4. The number of anilines is 3. The van der Waals surface area contributed by atoms with Crippen LogP contribution in [0.1, 0.15) is 96.1 Å². The van der Waals surface area contributed by atoms with E-state index in [0.717, 1.165) is 65.4 Å². The van der Waals surface area contributed by atoms with Crippen LogP contribution in [0.25, 0.3) is 16.6 Å². The molecule has 4 fully saturated rings. The van der Waals surface area contributed by atoms with Crippen LogP contribution in [0.2, 0.25) is 5.02 Å². The normalized spacial score (nSPS) is 17.9. The number of hydrogen-bond donors (Lipinski definition) is 6. The Morgan fingerprint density at radius 3 is 1.64 bits per heavy atom. The summed E-state index contributed by atoms with van der Waals surface area (Å²) < 4.78 is 148. The second-order valence-electron chi connectivity index (χ2n) is 31.6. The zero-order chi connectivity index (χ0) is 90.4. The van der Waals surface area contributed by atoms with Crippen LogP contribution in [-0.4, -0.2) is 229 Å². The van der Waals surface area contributed by atoms with Crippen molar-refractivity contribution < 1.29 is 95.7 Å². The average molecular weight is 1800 g/mol. The standard InChI is InChI=1S/C50H55ClF3N7O8S.C15H22N4O6S.C9H18N2O2.C6H5FN2O4S/c1-31(2)48(63)60-19-20-68-37(29-60)27-56-43-10-7-38(24-44(43)61(64)65)70(66,67)30-45(62)40-9-6-35(23-46(40)69-36-21-32-12-14-55-47(32)57-26-36)59-17-15-58(16-18-59)28-33-11-13-49(3,4)25-41(33)39-8-5-34(22-42(39)51)50(52,53)54;1-10(2)15(20)18-5-6-25-11(9-18)8-17-13-4-3-12(26(16,23)24)7-14(13)19(21)22;1-7(2)9(12)11-3-4-13-8(5-10)6-11;7-5-2-1-4(14(8,12)13)3-6(5)9(10)11/h5-10,12,14,21-24,26,31,37,56H,11,13,15-20,25,27-30H2,1-4H3,(H,55,57);3-4,7,10-11,17H,5-6,8-9H2,1-2H3,(H2,16,23,24);7-8H,3-6,10H2,1-2H3;1-3H,(H2,8,12,13)/t37-;11-;8-;/m000./s1. The molecule has 668 valence electrons. The molecule has 123 heavy (non-hydrogen) atoms. The van der Waals surface area contributed by atoms with Crippen molar-refractivity contribution >= 4 is 116 Å². The number of aromatic nitrogens is 2. The van der Waals surface area contributed by atoms with Gasteiger partial charge in [0, 0.05) is 156 Å². The predicted molar refractivity (Wildman–Crippen MR) is 450 cm³/mol. The lowest BCUT2D eigenvalue weighted by atomic mass is 9.72.